The van der Waals surface area contributed by atoms with Crippen molar-refractivity contribution in [3.63, 3.8) is 0 Å². The summed E-state index contributed by atoms with van der Waals surface area (Å²) < 4.78 is 0.501. The Morgan fingerprint density at radius 3 is 1.57 bits per heavy atom. The fourth-order valence-electron chi connectivity index (χ4n) is 4.19. The second-order valence-electron chi connectivity index (χ2n) is 10.5. The molecule has 0 spiro atoms. The number of allylic oxidation sites excluding steroid dienone is 1. The number of hydrogen-bond donors (Lipinski definition) is 2. The van der Waals surface area contributed by atoms with Crippen molar-refractivity contribution in [1.82, 2.24) is 0 Å². The van der Waals surface area contributed by atoms with Gasteiger partial charge in [-0.1, -0.05) is 78.7 Å². The minimum Gasteiger partial charge on any atom is -0.550 e. The van der Waals surface area contributed by atoms with Gasteiger partial charge in [-0.05, 0) is 18.9 Å². The predicted molar refractivity (Wildman–Crippen MR) is 138 cm³/mol. The summed E-state index contributed by atoms with van der Waals surface area (Å²) in [6.45, 7) is 9.55. The number of hydrogen-bond acceptors (Lipinski definition) is 4. The monoisotopic (exact) mass is 497 g/mol. The lowest BCUT2D eigenvalue weighted by atomic mass is 10.0. The number of nitrogens with zero attached hydrogens (tertiary/aromatic N) is 1. The van der Waals surface area contributed by atoms with Crippen LogP contribution < -0.4 is 5.11 Å². The highest BCUT2D eigenvalue weighted by Gasteiger charge is 2.30. The van der Waals surface area contributed by atoms with Crippen molar-refractivity contribution in [2.45, 2.75) is 105 Å². The van der Waals surface area contributed by atoms with Gasteiger partial charge in [-0.25, -0.2) is 0 Å². The van der Waals surface area contributed by atoms with Gasteiger partial charge in [0.05, 0.1) is 38.0 Å². The molecule has 2 N–H and O–H groups in total. The summed E-state index contributed by atoms with van der Waals surface area (Å²) >= 11 is 0. The molecular weight excluding hydrogens is 446 g/mol. The molecule has 0 aliphatic carbocycles. The van der Waals surface area contributed by atoms with Gasteiger partial charge in [-0.15, -0.1) is 0 Å². The van der Waals surface area contributed by atoms with Crippen LogP contribution in [0.2, 0.25) is 0 Å². The lowest BCUT2D eigenvalue weighted by Gasteiger charge is -2.40. The lowest BCUT2D eigenvalue weighted by molar-refractivity contribution is -0.924. The van der Waals surface area contributed by atoms with Crippen LogP contribution >= 0.6 is 0 Å². The normalized spacial score (nSPS) is 16.0. The van der Waals surface area contributed by atoms with E-state index in [9.17, 15) is 29.7 Å². The minimum atomic E-state index is -1.09. The third kappa shape index (κ3) is 16.4. The second kappa shape index (κ2) is 19.3. The molecule has 0 aromatic rings. The molecule has 0 aliphatic heterocycles. The summed E-state index contributed by atoms with van der Waals surface area (Å²) in [7, 11) is 0. The Labute approximate surface area is 213 Å². The SMILES string of the molecule is CCCCCCCCCC/C=C/C[N+](CCC(C)C(=O)[O-])(CCC(C)C(=O)O)CCC(C)C(=O)O. The van der Waals surface area contributed by atoms with Gasteiger partial charge in [-0.2, -0.15) is 0 Å². The maximum atomic E-state index is 11.4. The van der Waals surface area contributed by atoms with Crippen LogP contribution in [-0.4, -0.2) is 58.8 Å². The van der Waals surface area contributed by atoms with Crippen LogP contribution in [0, 0.1) is 17.8 Å². The first kappa shape index (κ1) is 33.1. The highest BCUT2D eigenvalue weighted by molar-refractivity contribution is 5.69. The number of unbranched alkanes of at least 4 members (excludes halogenated alkanes) is 8. The predicted octanol–water partition coefficient (Wildman–Crippen LogP) is 4.89. The van der Waals surface area contributed by atoms with E-state index in [1.807, 2.05) is 0 Å². The molecule has 0 bridgehead atoms. The Balaban J connectivity index is 5.12. The molecule has 3 atom stereocenters. The van der Waals surface area contributed by atoms with Crippen molar-refractivity contribution in [1.29, 1.82) is 0 Å². The van der Waals surface area contributed by atoms with Crippen LogP contribution in [0.4, 0.5) is 0 Å². The number of carbonyl (C=O) groups is 3. The first-order valence-electron chi connectivity index (χ1n) is 13.7. The van der Waals surface area contributed by atoms with Gasteiger partial charge in [0, 0.05) is 31.1 Å². The number of quaternary nitrogens is 1. The summed E-state index contributed by atoms with van der Waals surface area (Å²) in [6.07, 6.45) is 16.8. The summed E-state index contributed by atoms with van der Waals surface area (Å²) in [6, 6.07) is 0. The molecule has 7 heteroatoms. The summed E-state index contributed by atoms with van der Waals surface area (Å²) in [5.74, 6) is -4.42. The van der Waals surface area contributed by atoms with Gasteiger partial charge >= 0.3 is 11.9 Å². The Kier molecular flexibility index (Phi) is 18.3. The highest BCUT2D eigenvalue weighted by Crippen LogP contribution is 2.20. The van der Waals surface area contributed by atoms with E-state index in [0.29, 0.717) is 49.9 Å². The average molecular weight is 498 g/mol. The molecule has 0 aliphatic rings. The molecule has 0 rings (SSSR count). The van der Waals surface area contributed by atoms with Gasteiger partial charge in [-0.3, -0.25) is 9.59 Å². The molecule has 0 amide bonds. The van der Waals surface area contributed by atoms with Gasteiger partial charge in [0.2, 0.25) is 0 Å². The van der Waals surface area contributed by atoms with Gasteiger partial charge in [0.1, 0.15) is 0 Å². The molecule has 7 nitrogen and oxygen atoms in total. The first-order valence-corrected chi connectivity index (χ1v) is 13.7. The van der Waals surface area contributed by atoms with Crippen LogP contribution in [0.15, 0.2) is 12.2 Å². The van der Waals surface area contributed by atoms with E-state index < -0.39 is 35.7 Å². The molecular formula is C28H51NO6. The van der Waals surface area contributed by atoms with Crippen LogP contribution in [0.5, 0.6) is 0 Å². The standard InChI is InChI=1S/C28H51NO6/c1-5-6-7-8-9-10-11-12-13-14-15-19-29(20-16-23(2)26(30)31,21-17-24(3)27(32)33)22-18-25(4)28(34)35/h14-15,23-25H,5-13,16-22H2,1-4H3,(H2-,30,31,32,33,34,35)/b15-14+. The van der Waals surface area contributed by atoms with Gasteiger partial charge < -0.3 is 24.6 Å². The lowest BCUT2D eigenvalue weighted by Crippen LogP contribution is -2.52. The number of carboxylic acids is 3. The van der Waals surface area contributed by atoms with E-state index >= 15 is 0 Å². The van der Waals surface area contributed by atoms with Gasteiger partial charge in [0.15, 0.2) is 0 Å². The van der Waals surface area contributed by atoms with Crippen molar-refractivity contribution in [3.8, 4) is 0 Å². The fourth-order valence-corrected chi connectivity index (χ4v) is 4.19. The number of carbonyl (C=O) groups excluding carboxylic acids is 1. The highest BCUT2D eigenvalue weighted by atomic mass is 16.4. The van der Waals surface area contributed by atoms with E-state index in [0.717, 1.165) is 12.8 Å². The molecule has 3 unspecified atom stereocenters. The molecule has 204 valence electrons. The Morgan fingerprint density at radius 2 is 1.14 bits per heavy atom. The Hall–Kier alpha value is -1.89. The maximum Gasteiger partial charge on any atom is 0.306 e. The molecule has 0 aromatic carbocycles. The Bertz CT molecular complexity index is 573. The third-order valence-electron chi connectivity index (χ3n) is 7.24. The van der Waals surface area contributed by atoms with Crippen molar-refractivity contribution in [3.05, 3.63) is 12.2 Å². The zero-order valence-corrected chi connectivity index (χ0v) is 22.7. The summed E-state index contributed by atoms with van der Waals surface area (Å²) in [5.41, 5.74) is 0. The fraction of sp³-hybridized carbons (Fsp3) is 0.821. The zero-order valence-electron chi connectivity index (χ0n) is 22.7. The minimum absolute atomic E-state index is 0.414. The molecule has 0 radical (unpaired) electrons. The summed E-state index contributed by atoms with van der Waals surface area (Å²) in [4.78, 5) is 34.1. The van der Waals surface area contributed by atoms with Crippen molar-refractivity contribution in [2.24, 2.45) is 17.8 Å². The third-order valence-corrected chi connectivity index (χ3v) is 7.24. The van der Waals surface area contributed by atoms with E-state index in [1.54, 1.807) is 20.8 Å². The largest absolute Gasteiger partial charge is 0.550 e. The van der Waals surface area contributed by atoms with Crippen LogP contribution in [0.25, 0.3) is 0 Å². The second-order valence-corrected chi connectivity index (χ2v) is 10.5. The molecule has 0 fully saturated rings. The number of carboxylic acid groups (broad SMARTS) is 3. The van der Waals surface area contributed by atoms with E-state index in [-0.39, 0.29) is 0 Å². The van der Waals surface area contributed by atoms with Crippen LogP contribution in [-0.2, 0) is 14.4 Å². The van der Waals surface area contributed by atoms with E-state index in [1.165, 1.54) is 44.9 Å². The van der Waals surface area contributed by atoms with Gasteiger partial charge in [0.25, 0.3) is 0 Å². The Morgan fingerprint density at radius 1 is 0.714 bits per heavy atom. The van der Waals surface area contributed by atoms with Crippen molar-refractivity contribution in [2.75, 3.05) is 26.2 Å². The zero-order chi connectivity index (χ0) is 26.7. The van der Waals surface area contributed by atoms with Crippen LogP contribution in [0.3, 0.4) is 0 Å². The number of aliphatic carboxylic acids is 3. The smallest absolute Gasteiger partial charge is 0.306 e. The maximum absolute atomic E-state index is 11.4. The van der Waals surface area contributed by atoms with E-state index in [2.05, 4.69) is 19.1 Å². The molecule has 0 saturated heterocycles. The molecule has 0 heterocycles. The summed E-state index contributed by atoms with van der Waals surface area (Å²) in [5, 5.41) is 30.0. The van der Waals surface area contributed by atoms with Crippen molar-refractivity contribution >= 4 is 17.9 Å². The quantitative estimate of drug-likeness (QED) is 0.118. The first-order chi connectivity index (χ1) is 16.5. The topological polar surface area (TPSA) is 115 Å². The molecule has 35 heavy (non-hydrogen) atoms. The van der Waals surface area contributed by atoms with E-state index in [4.69, 9.17) is 0 Å². The molecule has 0 aromatic heterocycles. The van der Waals surface area contributed by atoms with Crippen molar-refractivity contribution < 1.29 is 34.2 Å². The van der Waals surface area contributed by atoms with Crippen LogP contribution in [0.1, 0.15) is 105 Å². The number of rotatable bonds is 23. The molecule has 0 saturated carbocycles. The average Bonchev–Trinajstić information content (AvgIpc) is 2.82.